The number of unbranched alkanes of at least 4 members (excludes halogenated alkanes) is 37. The topological polar surface area (TPSA) is 237 Å². The Balaban J connectivity index is 5.28. The van der Waals surface area contributed by atoms with Crippen molar-refractivity contribution in [3.05, 3.63) is 24.3 Å². The van der Waals surface area contributed by atoms with E-state index in [1.54, 1.807) is 0 Å². The highest BCUT2D eigenvalue weighted by atomic mass is 31.2. The van der Waals surface area contributed by atoms with Crippen molar-refractivity contribution in [1.29, 1.82) is 0 Å². The zero-order valence-corrected chi connectivity index (χ0v) is 64.8. The number of phosphoric acid groups is 2. The summed E-state index contributed by atoms with van der Waals surface area (Å²) in [5.74, 6) is 0.191. The van der Waals surface area contributed by atoms with Gasteiger partial charge in [0.15, 0.2) is 12.2 Å². The number of ether oxygens (including phenoxy) is 4. The van der Waals surface area contributed by atoms with Gasteiger partial charge in [0.1, 0.15) is 19.3 Å². The molecule has 0 saturated heterocycles. The number of allylic oxidation sites excluding steroid dienone is 4. The maximum atomic E-state index is 13.1. The third kappa shape index (κ3) is 69.1. The number of aliphatic hydroxyl groups excluding tert-OH is 1. The van der Waals surface area contributed by atoms with Gasteiger partial charge in [-0.05, 0) is 69.1 Å². The lowest BCUT2D eigenvalue weighted by atomic mass is 9.99. The van der Waals surface area contributed by atoms with Crippen molar-refractivity contribution in [1.82, 2.24) is 0 Å². The minimum absolute atomic E-state index is 0.0846. The first-order chi connectivity index (χ1) is 46.8. The molecule has 0 fully saturated rings. The largest absolute Gasteiger partial charge is 0.472 e. The van der Waals surface area contributed by atoms with Crippen LogP contribution in [0.5, 0.6) is 0 Å². The summed E-state index contributed by atoms with van der Waals surface area (Å²) in [7, 11) is -9.93. The lowest BCUT2D eigenvalue weighted by Crippen LogP contribution is -2.30. The average Bonchev–Trinajstić information content (AvgIpc) is 1.60. The summed E-state index contributed by atoms with van der Waals surface area (Å²) in [6.07, 6.45) is 57.6. The van der Waals surface area contributed by atoms with Gasteiger partial charge in [-0.25, -0.2) is 9.13 Å². The van der Waals surface area contributed by atoms with Crippen LogP contribution in [0, 0.1) is 17.8 Å². The third-order valence-electron chi connectivity index (χ3n) is 18.2. The van der Waals surface area contributed by atoms with E-state index in [1.807, 2.05) is 0 Å². The van der Waals surface area contributed by atoms with E-state index in [-0.39, 0.29) is 25.7 Å². The molecule has 0 aromatic carbocycles. The van der Waals surface area contributed by atoms with Gasteiger partial charge >= 0.3 is 39.5 Å². The average molecular weight is 1420 g/mol. The lowest BCUT2D eigenvalue weighted by molar-refractivity contribution is -0.161. The summed E-state index contributed by atoms with van der Waals surface area (Å²) in [6.45, 7) is 11.9. The molecule has 0 rings (SSSR count). The number of carbonyl (C=O) groups excluding carboxylic acids is 4. The molecule has 3 N–H and O–H groups in total. The van der Waals surface area contributed by atoms with Crippen LogP contribution >= 0.6 is 15.6 Å². The molecule has 17 nitrogen and oxygen atoms in total. The van der Waals surface area contributed by atoms with Crippen LogP contribution in [-0.4, -0.2) is 96.7 Å². The zero-order valence-electron chi connectivity index (χ0n) is 63.0. The molecule has 7 atom stereocenters. The van der Waals surface area contributed by atoms with Crippen LogP contribution in [0.3, 0.4) is 0 Å². The summed E-state index contributed by atoms with van der Waals surface area (Å²) < 4.78 is 68.6. The second-order valence-electron chi connectivity index (χ2n) is 28.4. The van der Waals surface area contributed by atoms with Crippen LogP contribution in [0.2, 0.25) is 0 Å². The van der Waals surface area contributed by atoms with Crippen molar-refractivity contribution >= 4 is 39.5 Å². The van der Waals surface area contributed by atoms with Crippen molar-refractivity contribution in [3.8, 4) is 0 Å². The van der Waals surface area contributed by atoms with E-state index in [9.17, 15) is 43.2 Å². The number of aliphatic hydroxyl groups is 1. The highest BCUT2D eigenvalue weighted by Gasteiger charge is 2.30. The molecular formula is C78H148O17P2. The summed E-state index contributed by atoms with van der Waals surface area (Å²) >= 11 is 0. The first kappa shape index (κ1) is 94.5. The molecular weight excluding hydrogens is 1270 g/mol. The van der Waals surface area contributed by atoms with E-state index in [1.165, 1.54) is 167 Å². The maximum Gasteiger partial charge on any atom is 0.472 e. The Morgan fingerprint density at radius 2 is 0.608 bits per heavy atom. The van der Waals surface area contributed by atoms with Crippen LogP contribution in [0.4, 0.5) is 0 Å². The van der Waals surface area contributed by atoms with Crippen LogP contribution in [-0.2, 0) is 65.4 Å². The lowest BCUT2D eigenvalue weighted by Gasteiger charge is -2.21. The monoisotopic (exact) mass is 1420 g/mol. The fourth-order valence-corrected chi connectivity index (χ4v) is 12.9. The molecule has 0 aromatic rings. The van der Waals surface area contributed by atoms with Gasteiger partial charge in [-0.3, -0.25) is 37.3 Å². The molecule has 97 heavy (non-hydrogen) atoms. The number of esters is 4. The van der Waals surface area contributed by atoms with Gasteiger partial charge in [0.25, 0.3) is 0 Å². The van der Waals surface area contributed by atoms with Crippen molar-refractivity contribution < 1.29 is 80.2 Å². The molecule has 0 aliphatic carbocycles. The van der Waals surface area contributed by atoms with E-state index >= 15 is 0 Å². The smallest absolute Gasteiger partial charge is 0.462 e. The number of phosphoric ester groups is 2. The molecule has 0 amide bonds. The highest BCUT2D eigenvalue weighted by molar-refractivity contribution is 7.47. The first-order valence-corrected chi connectivity index (χ1v) is 42.7. The van der Waals surface area contributed by atoms with E-state index in [4.69, 9.17) is 37.0 Å². The Hall–Kier alpha value is -2.46. The minimum Gasteiger partial charge on any atom is -0.462 e. The van der Waals surface area contributed by atoms with Gasteiger partial charge in [-0.15, -0.1) is 0 Å². The second kappa shape index (κ2) is 68.0. The SMILES string of the molecule is CCCCCC/C=C\C=C/CCCCCCCC(=O)O[C@H](COC(=O)CCCCCCCCCCCCC(C)CC)COP(=O)(O)OC[C@@H](O)COP(=O)(O)OC[C@@H](COC(=O)CCCCCCCCC(C)CC)OC(=O)CCCCCCCCCCCCCCCCCC(C)C. The van der Waals surface area contributed by atoms with Crippen molar-refractivity contribution in [3.63, 3.8) is 0 Å². The predicted octanol–water partition coefficient (Wildman–Crippen LogP) is 22.5. The Morgan fingerprint density at radius 1 is 0.340 bits per heavy atom. The van der Waals surface area contributed by atoms with Crippen molar-refractivity contribution in [2.45, 2.75) is 394 Å². The molecule has 0 aliphatic heterocycles. The van der Waals surface area contributed by atoms with E-state index in [0.29, 0.717) is 25.7 Å². The molecule has 19 heteroatoms. The number of hydrogen-bond donors (Lipinski definition) is 3. The molecule has 0 saturated carbocycles. The molecule has 4 unspecified atom stereocenters. The summed E-state index contributed by atoms with van der Waals surface area (Å²) in [5.41, 5.74) is 0. The molecule has 0 bridgehead atoms. The number of carbonyl (C=O) groups is 4. The van der Waals surface area contributed by atoms with E-state index < -0.39 is 97.5 Å². The predicted molar refractivity (Wildman–Crippen MR) is 395 cm³/mol. The van der Waals surface area contributed by atoms with Crippen molar-refractivity contribution in [2.24, 2.45) is 17.8 Å². The Labute approximate surface area is 592 Å². The zero-order chi connectivity index (χ0) is 71.6. The van der Waals surface area contributed by atoms with Gasteiger partial charge in [0.05, 0.1) is 26.4 Å². The van der Waals surface area contributed by atoms with Crippen LogP contribution in [0.15, 0.2) is 24.3 Å². The Morgan fingerprint density at radius 3 is 0.918 bits per heavy atom. The fourth-order valence-electron chi connectivity index (χ4n) is 11.4. The number of rotatable bonds is 74. The quantitative estimate of drug-likeness (QED) is 0.0169. The molecule has 0 aromatic heterocycles. The molecule has 572 valence electrons. The van der Waals surface area contributed by atoms with Gasteiger partial charge in [-0.2, -0.15) is 0 Å². The normalized spacial score (nSPS) is 14.8. The standard InChI is InChI=1S/C78H148O17P2/c1-8-11-12-13-14-15-16-17-19-23-26-33-38-47-54-61-77(82)94-73(65-88-75(80)59-52-45-37-32-29-28-31-36-43-50-57-70(6)9-2)67-92-96(84,85)90-63-72(79)64-91-97(86,87)93-68-74(66-89-76(81)60-53-46-41-40-44-51-58-71(7)10-3)95-78(83)62-55-48-39-34-27-24-21-18-20-22-25-30-35-42-49-56-69(4)5/h15-17,19,69-74,79H,8-14,18,20-68H2,1-7H3,(H,84,85)(H,86,87)/b16-15-,19-17-/t70?,71?,72-,73-,74-/m1/s1. The second-order valence-corrected chi connectivity index (χ2v) is 31.3. The van der Waals surface area contributed by atoms with Crippen LogP contribution in [0.25, 0.3) is 0 Å². The van der Waals surface area contributed by atoms with Gasteiger partial charge in [0, 0.05) is 25.7 Å². The fraction of sp³-hybridized carbons (Fsp3) is 0.897. The van der Waals surface area contributed by atoms with E-state index in [2.05, 4.69) is 72.8 Å². The molecule has 0 radical (unpaired) electrons. The Bertz CT molecular complexity index is 1990. The van der Waals surface area contributed by atoms with Gasteiger partial charge in [-0.1, -0.05) is 323 Å². The molecule has 0 aliphatic rings. The van der Waals surface area contributed by atoms with Gasteiger partial charge < -0.3 is 33.8 Å². The van der Waals surface area contributed by atoms with Gasteiger partial charge in [0.2, 0.25) is 0 Å². The Kier molecular flexibility index (Phi) is 66.3. The first-order valence-electron chi connectivity index (χ1n) is 39.7. The summed E-state index contributed by atoms with van der Waals surface area (Å²) in [5, 5.41) is 10.6. The number of hydrogen-bond acceptors (Lipinski definition) is 15. The third-order valence-corrected chi connectivity index (χ3v) is 20.1. The summed E-state index contributed by atoms with van der Waals surface area (Å²) in [6, 6.07) is 0. The van der Waals surface area contributed by atoms with Crippen LogP contribution < -0.4 is 0 Å². The minimum atomic E-state index is -4.97. The molecule has 0 spiro atoms. The summed E-state index contributed by atoms with van der Waals surface area (Å²) in [4.78, 5) is 72.9. The van der Waals surface area contributed by atoms with Crippen molar-refractivity contribution in [2.75, 3.05) is 39.6 Å². The highest BCUT2D eigenvalue weighted by Crippen LogP contribution is 2.45. The van der Waals surface area contributed by atoms with E-state index in [0.717, 1.165) is 127 Å². The van der Waals surface area contributed by atoms with Crippen LogP contribution in [0.1, 0.15) is 376 Å². The molecule has 0 heterocycles. The maximum absolute atomic E-state index is 13.1.